The van der Waals surface area contributed by atoms with Gasteiger partial charge in [0.2, 0.25) is 0 Å². The minimum Gasteiger partial charge on any atom is -0.494 e. The first-order valence-electron chi connectivity index (χ1n) is 8.58. The standard InChI is InChI=1S/C20H25NO4/c1-3-12-24-17-9-7-8-16(15-17)20(22)21-18-10-5-6-11-19(18)25-14-13-23-4-2/h5-11,15H,3-4,12-14H2,1-2H3,(H,21,22). The maximum atomic E-state index is 12.5. The molecule has 5 heteroatoms. The van der Waals surface area contributed by atoms with Gasteiger partial charge in [-0.3, -0.25) is 4.79 Å². The Morgan fingerprint density at radius 2 is 1.80 bits per heavy atom. The van der Waals surface area contributed by atoms with E-state index in [9.17, 15) is 4.79 Å². The number of carbonyl (C=O) groups excluding carboxylic acids is 1. The third-order valence-corrected chi connectivity index (χ3v) is 3.39. The smallest absolute Gasteiger partial charge is 0.255 e. The van der Waals surface area contributed by atoms with Crippen LogP contribution >= 0.6 is 0 Å². The van der Waals surface area contributed by atoms with Crippen LogP contribution in [0.25, 0.3) is 0 Å². The summed E-state index contributed by atoms with van der Waals surface area (Å²) in [7, 11) is 0. The van der Waals surface area contributed by atoms with Crippen LogP contribution in [0.1, 0.15) is 30.6 Å². The summed E-state index contributed by atoms with van der Waals surface area (Å²) in [5.74, 6) is 1.10. The molecule has 0 aliphatic rings. The average molecular weight is 343 g/mol. The molecule has 0 saturated heterocycles. The highest BCUT2D eigenvalue weighted by Crippen LogP contribution is 2.25. The van der Waals surface area contributed by atoms with Crippen LogP contribution in [0.5, 0.6) is 11.5 Å². The number of carbonyl (C=O) groups is 1. The van der Waals surface area contributed by atoms with E-state index >= 15 is 0 Å². The van der Waals surface area contributed by atoms with Crippen LogP contribution in [0.4, 0.5) is 5.69 Å². The van der Waals surface area contributed by atoms with Gasteiger partial charge in [-0.2, -0.15) is 0 Å². The van der Waals surface area contributed by atoms with Gasteiger partial charge in [-0.05, 0) is 43.7 Å². The first-order valence-corrected chi connectivity index (χ1v) is 8.58. The molecule has 1 amide bonds. The van der Waals surface area contributed by atoms with E-state index in [-0.39, 0.29) is 5.91 Å². The summed E-state index contributed by atoms with van der Waals surface area (Å²) in [6.07, 6.45) is 0.920. The topological polar surface area (TPSA) is 56.8 Å². The fourth-order valence-electron chi connectivity index (χ4n) is 2.19. The summed E-state index contributed by atoms with van der Waals surface area (Å²) in [4.78, 5) is 12.5. The lowest BCUT2D eigenvalue weighted by atomic mass is 10.2. The number of anilines is 1. The molecule has 0 spiro atoms. The molecule has 0 heterocycles. The number of rotatable bonds is 10. The van der Waals surface area contributed by atoms with Gasteiger partial charge in [0.05, 0.1) is 18.9 Å². The van der Waals surface area contributed by atoms with E-state index in [0.717, 1.165) is 6.42 Å². The van der Waals surface area contributed by atoms with Crippen LogP contribution in [0.2, 0.25) is 0 Å². The molecule has 25 heavy (non-hydrogen) atoms. The van der Waals surface area contributed by atoms with E-state index in [1.165, 1.54) is 0 Å². The summed E-state index contributed by atoms with van der Waals surface area (Å²) in [5.41, 5.74) is 1.17. The molecular formula is C20H25NO4. The summed E-state index contributed by atoms with van der Waals surface area (Å²) < 4.78 is 16.5. The maximum absolute atomic E-state index is 12.5. The van der Waals surface area contributed by atoms with Gasteiger partial charge in [-0.1, -0.05) is 25.1 Å². The van der Waals surface area contributed by atoms with Crippen molar-refractivity contribution >= 4 is 11.6 Å². The van der Waals surface area contributed by atoms with Gasteiger partial charge in [0, 0.05) is 12.2 Å². The van der Waals surface area contributed by atoms with Crippen molar-refractivity contribution < 1.29 is 19.0 Å². The van der Waals surface area contributed by atoms with Gasteiger partial charge in [-0.25, -0.2) is 0 Å². The molecule has 0 bridgehead atoms. The average Bonchev–Trinajstić information content (AvgIpc) is 2.65. The van der Waals surface area contributed by atoms with Crippen LogP contribution in [0, 0.1) is 0 Å². The third kappa shape index (κ3) is 6.12. The Bertz CT molecular complexity index is 672. The van der Waals surface area contributed by atoms with Crippen molar-refractivity contribution in [2.45, 2.75) is 20.3 Å². The van der Waals surface area contributed by atoms with E-state index in [1.54, 1.807) is 12.1 Å². The predicted molar refractivity (Wildman–Crippen MR) is 98.6 cm³/mol. The van der Waals surface area contributed by atoms with Crippen molar-refractivity contribution in [1.29, 1.82) is 0 Å². The highest BCUT2D eigenvalue weighted by molar-refractivity contribution is 6.05. The van der Waals surface area contributed by atoms with Crippen molar-refractivity contribution in [3.05, 3.63) is 54.1 Å². The van der Waals surface area contributed by atoms with Crippen molar-refractivity contribution in [2.24, 2.45) is 0 Å². The molecule has 0 fully saturated rings. The Hall–Kier alpha value is -2.53. The molecule has 1 N–H and O–H groups in total. The Morgan fingerprint density at radius 1 is 0.960 bits per heavy atom. The number of hydrogen-bond donors (Lipinski definition) is 1. The molecule has 2 aromatic carbocycles. The highest BCUT2D eigenvalue weighted by atomic mass is 16.5. The molecule has 134 valence electrons. The number of nitrogens with one attached hydrogen (secondary N) is 1. The normalized spacial score (nSPS) is 10.3. The molecule has 0 aliphatic heterocycles. The Balaban J connectivity index is 2.02. The Labute approximate surface area is 148 Å². The van der Waals surface area contributed by atoms with E-state index in [0.29, 0.717) is 49.2 Å². The third-order valence-electron chi connectivity index (χ3n) is 3.39. The van der Waals surface area contributed by atoms with Crippen molar-refractivity contribution in [1.82, 2.24) is 0 Å². The molecule has 5 nitrogen and oxygen atoms in total. The number of ether oxygens (including phenoxy) is 3. The van der Waals surface area contributed by atoms with Crippen molar-refractivity contribution in [3.8, 4) is 11.5 Å². The van der Waals surface area contributed by atoms with Crippen LogP contribution < -0.4 is 14.8 Å². The molecule has 0 atom stereocenters. The van der Waals surface area contributed by atoms with Crippen LogP contribution in [0.15, 0.2) is 48.5 Å². The minimum absolute atomic E-state index is 0.206. The number of benzene rings is 2. The quantitative estimate of drug-likeness (QED) is 0.659. The van der Waals surface area contributed by atoms with Gasteiger partial charge in [0.25, 0.3) is 5.91 Å². The van der Waals surface area contributed by atoms with Gasteiger partial charge in [0.15, 0.2) is 0 Å². The SMILES string of the molecule is CCCOc1cccc(C(=O)Nc2ccccc2OCCOCC)c1. The second kappa shape index (κ2) is 10.4. The Morgan fingerprint density at radius 3 is 2.60 bits per heavy atom. The zero-order chi connectivity index (χ0) is 17.9. The monoisotopic (exact) mass is 343 g/mol. The summed E-state index contributed by atoms with van der Waals surface area (Å²) >= 11 is 0. The predicted octanol–water partition coefficient (Wildman–Crippen LogP) is 4.14. The first-order chi connectivity index (χ1) is 12.2. The number of amides is 1. The van der Waals surface area contributed by atoms with E-state index in [1.807, 2.05) is 50.2 Å². The highest BCUT2D eigenvalue weighted by Gasteiger charge is 2.10. The summed E-state index contributed by atoms with van der Waals surface area (Å²) in [5, 5.41) is 2.89. The maximum Gasteiger partial charge on any atom is 0.255 e. The van der Waals surface area contributed by atoms with Gasteiger partial charge in [0.1, 0.15) is 18.1 Å². The zero-order valence-electron chi connectivity index (χ0n) is 14.8. The number of hydrogen-bond acceptors (Lipinski definition) is 4. The van der Waals surface area contributed by atoms with Crippen molar-refractivity contribution in [3.63, 3.8) is 0 Å². The van der Waals surface area contributed by atoms with Gasteiger partial charge < -0.3 is 19.5 Å². The van der Waals surface area contributed by atoms with Gasteiger partial charge >= 0.3 is 0 Å². The zero-order valence-corrected chi connectivity index (χ0v) is 14.8. The molecule has 0 radical (unpaired) electrons. The van der Waals surface area contributed by atoms with E-state index < -0.39 is 0 Å². The van der Waals surface area contributed by atoms with E-state index in [4.69, 9.17) is 14.2 Å². The lowest BCUT2D eigenvalue weighted by Crippen LogP contribution is -2.14. The molecule has 0 aromatic heterocycles. The van der Waals surface area contributed by atoms with Crippen LogP contribution in [-0.2, 0) is 4.74 Å². The molecule has 2 aromatic rings. The summed E-state index contributed by atoms with van der Waals surface area (Å²) in [6.45, 7) is 6.20. The van der Waals surface area contributed by atoms with Gasteiger partial charge in [-0.15, -0.1) is 0 Å². The molecule has 0 aliphatic carbocycles. The minimum atomic E-state index is -0.206. The largest absolute Gasteiger partial charge is 0.494 e. The Kier molecular flexibility index (Phi) is 7.79. The summed E-state index contributed by atoms with van der Waals surface area (Å²) in [6, 6.07) is 14.5. The fraction of sp³-hybridized carbons (Fsp3) is 0.350. The molecule has 0 unspecified atom stereocenters. The lowest BCUT2D eigenvalue weighted by Gasteiger charge is -2.13. The second-order valence-electron chi connectivity index (χ2n) is 5.37. The van der Waals surface area contributed by atoms with E-state index in [2.05, 4.69) is 5.32 Å². The number of para-hydroxylation sites is 2. The fourth-order valence-corrected chi connectivity index (χ4v) is 2.19. The van der Waals surface area contributed by atoms with Crippen LogP contribution in [-0.4, -0.2) is 32.3 Å². The second-order valence-corrected chi connectivity index (χ2v) is 5.37. The molecule has 0 saturated carbocycles. The van der Waals surface area contributed by atoms with Crippen molar-refractivity contribution in [2.75, 3.05) is 31.7 Å². The lowest BCUT2D eigenvalue weighted by molar-refractivity contribution is 0.102. The first kappa shape index (κ1) is 18.8. The molecular weight excluding hydrogens is 318 g/mol. The van der Waals surface area contributed by atoms with Crippen LogP contribution in [0.3, 0.4) is 0 Å². The molecule has 2 rings (SSSR count).